The van der Waals surface area contributed by atoms with Gasteiger partial charge in [0.1, 0.15) is 5.75 Å². The Morgan fingerprint density at radius 1 is 1.10 bits per heavy atom. The van der Waals surface area contributed by atoms with Crippen LogP contribution in [0.15, 0.2) is 30.3 Å². The first kappa shape index (κ1) is 21.6. The van der Waals surface area contributed by atoms with Gasteiger partial charge in [0.05, 0.1) is 22.6 Å². The summed E-state index contributed by atoms with van der Waals surface area (Å²) in [6.45, 7) is 5.52. The molecule has 0 aliphatic carbocycles. The highest BCUT2D eigenvalue weighted by Crippen LogP contribution is 2.39. The Bertz CT molecular complexity index is 922. The van der Waals surface area contributed by atoms with Gasteiger partial charge >= 0.3 is 11.4 Å². The number of amides is 1. The first-order valence-corrected chi connectivity index (χ1v) is 8.68. The standard InChI is InChI=1S/C19H21N3O7/c1-11(2)14-6-5-12(3)7-17(14)29-10-18(23)20-13-8-15(21(24)25)19(28-4)16(9-13)22(26)27/h5-9,11H,10H2,1-4H3,(H,20,23). The first-order valence-electron chi connectivity index (χ1n) is 8.68. The Balaban J connectivity index is 2.22. The first-order chi connectivity index (χ1) is 13.6. The molecule has 0 heterocycles. The van der Waals surface area contributed by atoms with Crippen molar-refractivity contribution in [2.24, 2.45) is 0 Å². The SMILES string of the molecule is COc1c([N+](=O)[O-])cc(NC(=O)COc2cc(C)ccc2C(C)C)cc1[N+](=O)[O-]. The third kappa shape index (κ3) is 5.18. The van der Waals surface area contributed by atoms with Crippen LogP contribution in [0, 0.1) is 27.2 Å². The lowest BCUT2D eigenvalue weighted by Gasteiger charge is -2.15. The number of nitro groups is 2. The van der Waals surface area contributed by atoms with E-state index in [4.69, 9.17) is 9.47 Å². The van der Waals surface area contributed by atoms with E-state index in [0.29, 0.717) is 5.75 Å². The van der Waals surface area contributed by atoms with Crippen LogP contribution in [0.1, 0.15) is 30.9 Å². The summed E-state index contributed by atoms with van der Waals surface area (Å²) >= 11 is 0. The van der Waals surface area contributed by atoms with Gasteiger partial charge in [-0.2, -0.15) is 0 Å². The zero-order valence-electron chi connectivity index (χ0n) is 16.4. The van der Waals surface area contributed by atoms with Gasteiger partial charge in [0.25, 0.3) is 11.7 Å². The molecule has 10 nitrogen and oxygen atoms in total. The van der Waals surface area contributed by atoms with Gasteiger partial charge in [-0.3, -0.25) is 25.0 Å². The second-order valence-electron chi connectivity index (χ2n) is 6.59. The summed E-state index contributed by atoms with van der Waals surface area (Å²) in [6.07, 6.45) is 0. The molecule has 0 spiro atoms. The number of carbonyl (C=O) groups is 1. The fourth-order valence-electron chi connectivity index (χ4n) is 2.74. The van der Waals surface area contributed by atoms with Crippen molar-refractivity contribution in [3.05, 3.63) is 61.7 Å². The molecule has 0 aliphatic heterocycles. The van der Waals surface area contributed by atoms with Gasteiger partial charge in [-0.1, -0.05) is 26.0 Å². The highest BCUT2D eigenvalue weighted by atomic mass is 16.6. The average Bonchev–Trinajstić information content (AvgIpc) is 2.65. The summed E-state index contributed by atoms with van der Waals surface area (Å²) in [6, 6.07) is 7.67. The largest absolute Gasteiger partial charge is 0.485 e. The minimum atomic E-state index is -0.820. The molecular formula is C19H21N3O7. The van der Waals surface area contributed by atoms with E-state index >= 15 is 0 Å². The Kier molecular flexibility index (Phi) is 6.71. The molecule has 0 aliphatic rings. The number of hydrogen-bond acceptors (Lipinski definition) is 7. The number of methoxy groups -OCH3 is 1. The molecule has 0 saturated carbocycles. The second-order valence-corrected chi connectivity index (χ2v) is 6.59. The molecule has 0 atom stereocenters. The normalized spacial score (nSPS) is 10.5. The third-order valence-electron chi connectivity index (χ3n) is 4.08. The summed E-state index contributed by atoms with van der Waals surface area (Å²) in [4.78, 5) is 33.0. The number of carbonyl (C=O) groups excluding carboxylic acids is 1. The van der Waals surface area contributed by atoms with Crippen LogP contribution < -0.4 is 14.8 Å². The fraction of sp³-hybridized carbons (Fsp3) is 0.316. The van der Waals surface area contributed by atoms with Crippen LogP contribution in [0.3, 0.4) is 0 Å². The van der Waals surface area contributed by atoms with Crippen molar-refractivity contribution in [3.63, 3.8) is 0 Å². The lowest BCUT2D eigenvalue weighted by Crippen LogP contribution is -2.21. The minimum Gasteiger partial charge on any atom is -0.485 e. The Morgan fingerprint density at radius 3 is 2.17 bits per heavy atom. The second kappa shape index (κ2) is 9.00. The van der Waals surface area contributed by atoms with E-state index in [1.807, 2.05) is 39.0 Å². The number of rotatable bonds is 8. The lowest BCUT2D eigenvalue weighted by atomic mass is 10.0. The number of nitrogens with one attached hydrogen (secondary N) is 1. The quantitative estimate of drug-likeness (QED) is 0.521. The van der Waals surface area contributed by atoms with Crippen LogP contribution in [0.25, 0.3) is 0 Å². The molecule has 2 aromatic carbocycles. The predicted molar refractivity (Wildman–Crippen MR) is 106 cm³/mol. The highest BCUT2D eigenvalue weighted by molar-refractivity contribution is 5.93. The molecule has 2 rings (SSSR count). The van der Waals surface area contributed by atoms with Gasteiger partial charge in [0.15, 0.2) is 6.61 Å². The van der Waals surface area contributed by atoms with Crippen molar-refractivity contribution in [1.29, 1.82) is 0 Å². The summed E-state index contributed by atoms with van der Waals surface area (Å²) in [5.41, 5.74) is 0.536. The summed E-state index contributed by atoms with van der Waals surface area (Å²) < 4.78 is 10.4. The molecule has 0 unspecified atom stereocenters. The molecule has 0 fully saturated rings. The minimum absolute atomic E-state index is 0.105. The number of nitro benzene ring substituents is 2. The van der Waals surface area contributed by atoms with Gasteiger partial charge in [-0.05, 0) is 30.0 Å². The van der Waals surface area contributed by atoms with Gasteiger partial charge in [0, 0.05) is 12.1 Å². The van der Waals surface area contributed by atoms with Crippen LogP contribution in [0.2, 0.25) is 0 Å². The van der Waals surface area contributed by atoms with E-state index in [1.165, 1.54) is 0 Å². The van der Waals surface area contributed by atoms with Crippen molar-refractivity contribution in [2.45, 2.75) is 26.7 Å². The van der Waals surface area contributed by atoms with Gasteiger partial charge in [0.2, 0.25) is 0 Å². The molecule has 154 valence electrons. The zero-order valence-corrected chi connectivity index (χ0v) is 16.4. The Morgan fingerprint density at radius 2 is 1.69 bits per heavy atom. The molecule has 0 bridgehead atoms. The van der Waals surface area contributed by atoms with Crippen LogP contribution in [-0.4, -0.2) is 29.5 Å². The maximum absolute atomic E-state index is 12.3. The molecule has 0 saturated heterocycles. The maximum atomic E-state index is 12.3. The number of ether oxygens (including phenoxy) is 2. The van der Waals surface area contributed by atoms with Crippen molar-refractivity contribution in [3.8, 4) is 11.5 Å². The zero-order chi connectivity index (χ0) is 21.7. The van der Waals surface area contributed by atoms with E-state index < -0.39 is 32.9 Å². The number of aryl methyl sites for hydroxylation is 1. The molecule has 29 heavy (non-hydrogen) atoms. The predicted octanol–water partition coefficient (Wildman–Crippen LogP) is 3.96. The van der Waals surface area contributed by atoms with Crippen molar-refractivity contribution in [1.82, 2.24) is 0 Å². The molecule has 10 heteroatoms. The van der Waals surface area contributed by atoms with E-state index in [-0.39, 0.29) is 18.2 Å². The van der Waals surface area contributed by atoms with E-state index in [1.54, 1.807) is 0 Å². The van der Waals surface area contributed by atoms with E-state index in [2.05, 4.69) is 5.32 Å². The van der Waals surface area contributed by atoms with Gasteiger partial charge < -0.3 is 14.8 Å². The topological polar surface area (TPSA) is 134 Å². The van der Waals surface area contributed by atoms with Crippen molar-refractivity contribution < 1.29 is 24.1 Å². The van der Waals surface area contributed by atoms with Crippen LogP contribution in [0.4, 0.5) is 17.1 Å². The van der Waals surface area contributed by atoms with Crippen molar-refractivity contribution >= 4 is 23.0 Å². The van der Waals surface area contributed by atoms with E-state index in [0.717, 1.165) is 30.4 Å². The summed E-state index contributed by atoms with van der Waals surface area (Å²) in [5.74, 6) is -0.368. The van der Waals surface area contributed by atoms with E-state index in [9.17, 15) is 25.0 Å². The molecule has 0 radical (unpaired) electrons. The molecule has 2 aromatic rings. The Labute approximate surface area is 166 Å². The summed E-state index contributed by atoms with van der Waals surface area (Å²) in [7, 11) is 1.09. The van der Waals surface area contributed by atoms with Crippen LogP contribution in [-0.2, 0) is 4.79 Å². The molecule has 1 N–H and O–H groups in total. The van der Waals surface area contributed by atoms with Gasteiger partial charge in [-0.25, -0.2) is 0 Å². The number of benzene rings is 2. The number of nitrogens with zero attached hydrogens (tertiary/aromatic N) is 2. The highest BCUT2D eigenvalue weighted by Gasteiger charge is 2.28. The average molecular weight is 403 g/mol. The number of anilines is 1. The Hall–Kier alpha value is -3.69. The fourth-order valence-corrected chi connectivity index (χ4v) is 2.74. The summed E-state index contributed by atoms with van der Waals surface area (Å²) in [5, 5.41) is 24.8. The van der Waals surface area contributed by atoms with Crippen LogP contribution in [0.5, 0.6) is 11.5 Å². The maximum Gasteiger partial charge on any atom is 0.320 e. The van der Waals surface area contributed by atoms with Crippen molar-refractivity contribution in [2.75, 3.05) is 19.0 Å². The molecule has 1 amide bonds. The van der Waals surface area contributed by atoms with Crippen LogP contribution >= 0.6 is 0 Å². The monoisotopic (exact) mass is 403 g/mol. The third-order valence-corrected chi connectivity index (χ3v) is 4.08. The van der Waals surface area contributed by atoms with Gasteiger partial charge in [-0.15, -0.1) is 0 Å². The number of hydrogen-bond donors (Lipinski definition) is 1. The molecular weight excluding hydrogens is 382 g/mol. The lowest BCUT2D eigenvalue weighted by molar-refractivity contribution is -0.395. The molecule has 0 aromatic heterocycles. The smallest absolute Gasteiger partial charge is 0.320 e.